The Balaban J connectivity index is 1.67. The fourth-order valence-corrected chi connectivity index (χ4v) is 4.89. The van der Waals surface area contributed by atoms with Gasteiger partial charge in [-0.15, -0.1) is 11.8 Å². The number of anilines is 1. The summed E-state index contributed by atoms with van der Waals surface area (Å²) in [5, 5.41) is 14.6. The van der Waals surface area contributed by atoms with E-state index in [1.54, 1.807) is 12.1 Å². The van der Waals surface area contributed by atoms with Crippen molar-refractivity contribution >= 4 is 51.8 Å². The number of nitrogens with zero attached hydrogens (tertiary/aromatic N) is 1. The Morgan fingerprint density at radius 2 is 1.75 bits per heavy atom. The second-order valence-electron chi connectivity index (χ2n) is 6.46. The third kappa shape index (κ3) is 3.53. The molecule has 0 aromatic heterocycles. The fourth-order valence-electron chi connectivity index (χ4n) is 3.34. The van der Waals surface area contributed by atoms with E-state index in [1.165, 1.54) is 16.7 Å². The van der Waals surface area contributed by atoms with Crippen LogP contribution in [-0.4, -0.2) is 33.8 Å². The van der Waals surface area contributed by atoms with Crippen LogP contribution in [0.15, 0.2) is 66.7 Å². The summed E-state index contributed by atoms with van der Waals surface area (Å²) in [6.45, 7) is 0. The molecule has 1 aliphatic heterocycles. The molecule has 2 amide bonds. The van der Waals surface area contributed by atoms with E-state index in [-0.39, 0.29) is 0 Å². The molecule has 1 saturated heterocycles. The lowest BCUT2D eigenvalue weighted by Crippen LogP contribution is -2.45. The number of urea groups is 1. The van der Waals surface area contributed by atoms with Gasteiger partial charge in [0, 0.05) is 16.2 Å². The van der Waals surface area contributed by atoms with Crippen molar-refractivity contribution in [2.24, 2.45) is 0 Å². The van der Waals surface area contributed by atoms with Crippen LogP contribution in [0.4, 0.5) is 10.5 Å². The maximum Gasteiger partial charge on any atom is 0.327 e. The molecule has 0 spiro atoms. The van der Waals surface area contributed by atoms with Gasteiger partial charge in [0.05, 0.1) is 5.69 Å². The van der Waals surface area contributed by atoms with Crippen molar-refractivity contribution in [1.29, 1.82) is 0 Å². The lowest BCUT2D eigenvalue weighted by molar-refractivity contribution is -0.141. The topological polar surface area (TPSA) is 69.6 Å². The molecule has 2 N–H and O–H groups in total. The standard InChI is InChI=1S/C21H17ClN2O3S/c22-15-10-8-14(9-11-15)19-24(18(12-28-19)20(25)26)21(27)23-17-7-3-5-13-4-1-2-6-16(13)17/h1-11,18-19H,12H2,(H,23,27)(H,25,26). The van der Waals surface area contributed by atoms with Crippen molar-refractivity contribution in [1.82, 2.24) is 4.90 Å². The largest absolute Gasteiger partial charge is 0.480 e. The van der Waals surface area contributed by atoms with Gasteiger partial charge in [-0.25, -0.2) is 9.59 Å². The molecule has 7 heteroatoms. The van der Waals surface area contributed by atoms with Gasteiger partial charge in [-0.1, -0.05) is 60.1 Å². The zero-order chi connectivity index (χ0) is 19.7. The van der Waals surface area contributed by atoms with E-state index in [1.807, 2.05) is 54.6 Å². The number of carboxylic acid groups (broad SMARTS) is 1. The number of carbonyl (C=O) groups is 2. The molecular formula is C21H17ClN2O3S. The molecule has 2 atom stereocenters. The highest BCUT2D eigenvalue weighted by atomic mass is 35.5. The summed E-state index contributed by atoms with van der Waals surface area (Å²) in [6, 6.07) is 19.2. The smallest absolute Gasteiger partial charge is 0.327 e. The zero-order valence-corrected chi connectivity index (χ0v) is 16.3. The number of rotatable bonds is 3. The molecule has 1 aliphatic rings. The summed E-state index contributed by atoms with van der Waals surface area (Å²) in [5.41, 5.74) is 1.49. The summed E-state index contributed by atoms with van der Waals surface area (Å²) < 4.78 is 0. The maximum absolute atomic E-state index is 13.1. The van der Waals surface area contributed by atoms with Crippen molar-refractivity contribution in [3.05, 3.63) is 77.3 Å². The van der Waals surface area contributed by atoms with Crippen molar-refractivity contribution in [2.75, 3.05) is 11.1 Å². The Bertz CT molecular complexity index is 1040. The highest BCUT2D eigenvalue weighted by Gasteiger charge is 2.42. The van der Waals surface area contributed by atoms with Gasteiger partial charge in [-0.05, 0) is 29.1 Å². The molecule has 2 unspecified atom stereocenters. The lowest BCUT2D eigenvalue weighted by atomic mass is 10.1. The maximum atomic E-state index is 13.1. The van der Waals surface area contributed by atoms with Crippen LogP contribution in [0.1, 0.15) is 10.9 Å². The Morgan fingerprint density at radius 1 is 1.04 bits per heavy atom. The molecule has 5 nitrogen and oxygen atoms in total. The average molecular weight is 413 g/mol. The average Bonchev–Trinajstić information content (AvgIpc) is 3.14. The minimum absolute atomic E-state index is 0.325. The van der Waals surface area contributed by atoms with Crippen molar-refractivity contribution < 1.29 is 14.7 Å². The van der Waals surface area contributed by atoms with Gasteiger partial charge < -0.3 is 10.4 Å². The van der Waals surface area contributed by atoms with Gasteiger partial charge in [0.25, 0.3) is 0 Å². The molecule has 4 rings (SSSR count). The molecule has 0 saturated carbocycles. The van der Waals surface area contributed by atoms with Crippen LogP contribution in [0.3, 0.4) is 0 Å². The minimum atomic E-state index is -1.02. The first-order valence-corrected chi connectivity index (χ1v) is 10.1. The minimum Gasteiger partial charge on any atom is -0.480 e. The van der Waals surface area contributed by atoms with Crippen LogP contribution in [0, 0.1) is 0 Å². The van der Waals surface area contributed by atoms with E-state index in [0.717, 1.165) is 16.3 Å². The number of halogens is 1. The Kier molecular flexibility index (Phi) is 5.15. The number of aliphatic carboxylic acids is 1. The van der Waals surface area contributed by atoms with E-state index in [9.17, 15) is 14.7 Å². The first kappa shape index (κ1) is 18.7. The van der Waals surface area contributed by atoms with Gasteiger partial charge in [-0.3, -0.25) is 4.90 Å². The molecule has 0 aliphatic carbocycles. The number of nitrogens with one attached hydrogen (secondary N) is 1. The summed E-state index contributed by atoms with van der Waals surface area (Å²) >= 11 is 7.39. The number of hydrogen-bond acceptors (Lipinski definition) is 3. The van der Waals surface area contributed by atoms with Gasteiger partial charge >= 0.3 is 12.0 Å². The summed E-state index contributed by atoms with van der Waals surface area (Å²) in [4.78, 5) is 26.3. The van der Waals surface area contributed by atoms with E-state index >= 15 is 0 Å². The Labute approximate surface area is 171 Å². The number of thioether (sulfide) groups is 1. The number of fused-ring (bicyclic) bond motifs is 1. The van der Waals surface area contributed by atoms with E-state index in [2.05, 4.69) is 5.32 Å². The van der Waals surface area contributed by atoms with E-state index in [4.69, 9.17) is 11.6 Å². The highest BCUT2D eigenvalue weighted by Crippen LogP contribution is 2.42. The van der Waals surface area contributed by atoms with Crippen molar-refractivity contribution in [3.8, 4) is 0 Å². The normalized spacial score (nSPS) is 19.0. The van der Waals surface area contributed by atoms with Crippen LogP contribution >= 0.6 is 23.4 Å². The predicted octanol–water partition coefficient (Wildman–Crippen LogP) is 5.23. The molecule has 3 aromatic carbocycles. The number of amides is 2. The van der Waals surface area contributed by atoms with Gasteiger partial charge in [0.15, 0.2) is 0 Å². The van der Waals surface area contributed by atoms with Crippen LogP contribution < -0.4 is 5.32 Å². The monoisotopic (exact) mass is 412 g/mol. The number of carbonyl (C=O) groups excluding carboxylic acids is 1. The van der Waals surface area contributed by atoms with Crippen LogP contribution in [0.5, 0.6) is 0 Å². The first-order valence-electron chi connectivity index (χ1n) is 8.71. The second-order valence-corrected chi connectivity index (χ2v) is 8.01. The van der Waals surface area contributed by atoms with E-state index in [0.29, 0.717) is 16.5 Å². The van der Waals surface area contributed by atoms with Crippen LogP contribution in [-0.2, 0) is 4.79 Å². The molecule has 0 radical (unpaired) electrons. The lowest BCUT2D eigenvalue weighted by Gasteiger charge is -2.28. The quantitative estimate of drug-likeness (QED) is 0.618. The third-order valence-electron chi connectivity index (χ3n) is 4.71. The number of benzene rings is 3. The number of hydrogen-bond donors (Lipinski definition) is 2. The Morgan fingerprint density at radius 3 is 2.50 bits per heavy atom. The second kappa shape index (κ2) is 7.73. The summed E-state index contributed by atoms with van der Waals surface area (Å²) in [5.74, 6) is -0.692. The van der Waals surface area contributed by atoms with Crippen LogP contribution in [0.25, 0.3) is 10.8 Å². The molecule has 3 aromatic rings. The summed E-state index contributed by atoms with van der Waals surface area (Å²) in [6.07, 6.45) is 0. The molecule has 1 fully saturated rings. The van der Waals surface area contributed by atoms with Crippen molar-refractivity contribution in [3.63, 3.8) is 0 Å². The van der Waals surface area contributed by atoms with E-state index < -0.39 is 23.4 Å². The molecule has 28 heavy (non-hydrogen) atoms. The van der Waals surface area contributed by atoms with Gasteiger partial charge in [0.1, 0.15) is 11.4 Å². The highest BCUT2D eigenvalue weighted by molar-refractivity contribution is 7.99. The molecule has 142 valence electrons. The number of carboxylic acids is 1. The predicted molar refractivity (Wildman–Crippen MR) is 113 cm³/mol. The third-order valence-corrected chi connectivity index (χ3v) is 6.28. The SMILES string of the molecule is O=C(O)C1CSC(c2ccc(Cl)cc2)N1C(=O)Nc1cccc2ccccc12. The zero-order valence-electron chi connectivity index (χ0n) is 14.7. The fraction of sp³-hybridized carbons (Fsp3) is 0.143. The molecular weight excluding hydrogens is 396 g/mol. The molecule has 1 heterocycles. The van der Waals surface area contributed by atoms with Crippen LogP contribution in [0.2, 0.25) is 5.02 Å². The van der Waals surface area contributed by atoms with Gasteiger partial charge in [-0.2, -0.15) is 0 Å². The Hall–Kier alpha value is -2.70. The van der Waals surface area contributed by atoms with Gasteiger partial charge in [0.2, 0.25) is 0 Å². The summed E-state index contributed by atoms with van der Waals surface area (Å²) in [7, 11) is 0. The molecule has 0 bridgehead atoms. The van der Waals surface area contributed by atoms with Crippen molar-refractivity contribution in [2.45, 2.75) is 11.4 Å². The first-order chi connectivity index (χ1) is 13.5.